The van der Waals surface area contributed by atoms with E-state index in [1.165, 1.54) is 76.6 Å². The topological polar surface area (TPSA) is 34.2 Å². The van der Waals surface area contributed by atoms with E-state index in [1.54, 1.807) is 13.2 Å². The van der Waals surface area contributed by atoms with Crippen molar-refractivity contribution in [1.82, 2.24) is 9.80 Å². The number of likely N-dealkylation sites (N-methyl/N-ethyl adjacent to an activating group) is 1. The first-order valence-electron chi connectivity index (χ1n) is 14.2. The molecule has 0 atom stereocenters. The molecule has 1 aromatic rings. The van der Waals surface area contributed by atoms with Crippen molar-refractivity contribution in [2.75, 3.05) is 67.7 Å². The zero-order valence-electron chi connectivity index (χ0n) is 25.7. The van der Waals surface area contributed by atoms with Crippen molar-refractivity contribution in [2.24, 2.45) is 0 Å². The first-order valence-corrected chi connectivity index (χ1v) is 14.2. The number of benzene rings is 1. The summed E-state index contributed by atoms with van der Waals surface area (Å²) in [5.74, 6) is -0.155. The van der Waals surface area contributed by atoms with Gasteiger partial charge < -0.3 is 24.0 Å². The summed E-state index contributed by atoms with van der Waals surface area (Å²) in [6.45, 7) is 16.6. The number of aryl methyl sites for hydroxylation is 2. The van der Waals surface area contributed by atoms with Crippen molar-refractivity contribution < 1.29 is 18.6 Å². The third kappa shape index (κ3) is 28.5. The normalized spacial score (nSPS) is 17.6. The van der Waals surface area contributed by atoms with Crippen molar-refractivity contribution >= 4 is 0 Å². The molecule has 0 spiro atoms. The van der Waals surface area contributed by atoms with Gasteiger partial charge in [-0.25, -0.2) is 4.39 Å². The molecular formula is C34H71FN2O3. The average molecular weight is 575 g/mol. The summed E-state index contributed by atoms with van der Waals surface area (Å²) in [5.41, 5.74) is 2.19. The van der Waals surface area contributed by atoms with Crippen molar-refractivity contribution in [2.45, 2.75) is 120 Å². The molecule has 6 heteroatoms. The van der Waals surface area contributed by atoms with E-state index in [9.17, 15) is 4.39 Å². The highest BCUT2D eigenvalue weighted by Crippen LogP contribution is 2.19. The molecule has 2 aliphatic heterocycles. The van der Waals surface area contributed by atoms with Gasteiger partial charge >= 0.3 is 0 Å². The predicted octanol–water partition coefficient (Wildman–Crippen LogP) is 8.80. The van der Waals surface area contributed by atoms with Crippen LogP contribution in [0.1, 0.15) is 106 Å². The lowest BCUT2D eigenvalue weighted by Gasteiger charge is -2.21. The number of hydrogen-bond donors (Lipinski definition) is 0. The smallest absolute Gasteiger partial charge is 0.123 e. The van der Waals surface area contributed by atoms with Crippen LogP contribution in [-0.2, 0) is 14.2 Å². The predicted molar refractivity (Wildman–Crippen MR) is 176 cm³/mol. The Bertz CT molecular complexity index is 633. The van der Waals surface area contributed by atoms with Gasteiger partial charge in [-0.2, -0.15) is 0 Å². The minimum Gasteiger partial charge on any atom is -0.381 e. The van der Waals surface area contributed by atoms with Crippen molar-refractivity contribution in [3.05, 3.63) is 35.1 Å². The van der Waals surface area contributed by atoms with Gasteiger partial charge in [0.15, 0.2) is 0 Å². The molecule has 0 N–H and O–H groups in total. The molecular weight excluding hydrogens is 503 g/mol. The van der Waals surface area contributed by atoms with Gasteiger partial charge in [-0.15, -0.1) is 0 Å². The second-order valence-corrected chi connectivity index (χ2v) is 11.3. The van der Waals surface area contributed by atoms with Crippen LogP contribution in [0.15, 0.2) is 18.2 Å². The van der Waals surface area contributed by atoms with Crippen molar-refractivity contribution in [1.29, 1.82) is 0 Å². The van der Waals surface area contributed by atoms with Gasteiger partial charge in [-0.1, -0.05) is 54.0 Å². The maximum Gasteiger partial charge on any atom is 0.123 e. The molecule has 0 amide bonds. The van der Waals surface area contributed by atoms with Gasteiger partial charge in [0.2, 0.25) is 0 Å². The van der Waals surface area contributed by atoms with E-state index >= 15 is 0 Å². The molecule has 4 rings (SSSR count). The van der Waals surface area contributed by atoms with Crippen LogP contribution < -0.4 is 0 Å². The lowest BCUT2D eigenvalue weighted by molar-refractivity contribution is 0.0397. The van der Waals surface area contributed by atoms with Crippen LogP contribution in [0.25, 0.3) is 0 Å². The first kappa shape index (κ1) is 45.9. The fourth-order valence-corrected chi connectivity index (χ4v) is 3.71. The molecule has 0 radical (unpaired) electrons. The number of methoxy groups -OCH3 is 2. The van der Waals surface area contributed by atoms with Crippen molar-refractivity contribution in [3.8, 4) is 0 Å². The third-order valence-electron chi connectivity index (χ3n) is 6.78. The number of likely N-dealkylation sites (tertiary alicyclic amines) is 1. The van der Waals surface area contributed by atoms with E-state index in [0.29, 0.717) is 6.10 Å². The Morgan fingerprint density at radius 1 is 0.750 bits per heavy atom. The summed E-state index contributed by atoms with van der Waals surface area (Å²) in [6.07, 6.45) is 11.6. The standard InChI is InChI=1S/C8H9F.C7H14O.C6H13N.C5H11NO.C5H12O.3CH4/c1-6-3-4-8(9)5-7(6)2;1-8-7-5-3-2-4-6-7;1-7-5-3-2-4-6-7;1-6-2-4-7-5-3-6;1-5(2,3)6-4;;;/h3-5H,1-2H3;7H,2-6H2,1H3;2-6H2,1H3;2-5H2,1H3;1-4H3;3*1H4. The monoisotopic (exact) mass is 575 g/mol. The maximum atomic E-state index is 12.3. The van der Waals surface area contributed by atoms with E-state index in [4.69, 9.17) is 14.2 Å². The summed E-state index contributed by atoms with van der Waals surface area (Å²) in [7, 11) is 7.83. The zero-order valence-corrected chi connectivity index (χ0v) is 25.7. The van der Waals surface area contributed by atoms with Crippen LogP contribution in [0.2, 0.25) is 0 Å². The number of ether oxygens (including phenoxy) is 3. The highest BCUT2D eigenvalue weighted by atomic mass is 19.1. The van der Waals surface area contributed by atoms with Crippen molar-refractivity contribution in [3.63, 3.8) is 0 Å². The van der Waals surface area contributed by atoms with Gasteiger partial charge in [0.05, 0.1) is 24.9 Å². The second-order valence-electron chi connectivity index (χ2n) is 11.3. The molecule has 3 aliphatic rings. The van der Waals surface area contributed by atoms with Gasteiger partial charge in [0.1, 0.15) is 5.82 Å². The summed E-state index contributed by atoms with van der Waals surface area (Å²) in [5, 5.41) is 0. The van der Waals surface area contributed by atoms with E-state index < -0.39 is 0 Å². The van der Waals surface area contributed by atoms with Gasteiger partial charge in [0.25, 0.3) is 0 Å². The number of nitrogens with zero attached hydrogens (tertiary/aromatic N) is 2. The molecule has 40 heavy (non-hydrogen) atoms. The van der Waals surface area contributed by atoms with E-state index in [1.807, 2.05) is 41.7 Å². The molecule has 2 heterocycles. The Hall–Kier alpha value is -1.05. The first-order chi connectivity index (χ1) is 17.5. The quantitative estimate of drug-likeness (QED) is 0.335. The number of hydrogen-bond acceptors (Lipinski definition) is 5. The van der Waals surface area contributed by atoms with Crippen LogP contribution in [0, 0.1) is 19.7 Å². The fraction of sp³-hybridized carbons (Fsp3) is 0.824. The lowest BCUT2D eigenvalue weighted by Crippen LogP contribution is -2.32. The highest BCUT2D eigenvalue weighted by molar-refractivity contribution is 5.24. The lowest BCUT2D eigenvalue weighted by atomic mass is 9.98. The molecule has 2 saturated heterocycles. The molecule has 1 aliphatic carbocycles. The largest absolute Gasteiger partial charge is 0.381 e. The Morgan fingerprint density at radius 3 is 1.48 bits per heavy atom. The van der Waals surface area contributed by atoms with Crippen LogP contribution in [0.3, 0.4) is 0 Å². The molecule has 3 fully saturated rings. The number of piperidine rings is 1. The van der Waals surface area contributed by atoms with Gasteiger partial charge in [0, 0.05) is 27.3 Å². The van der Waals surface area contributed by atoms with Crippen LogP contribution >= 0.6 is 0 Å². The molecule has 0 bridgehead atoms. The Kier molecular flexibility index (Phi) is 32.2. The Labute approximate surface area is 251 Å². The second kappa shape index (κ2) is 28.1. The summed E-state index contributed by atoms with van der Waals surface area (Å²) >= 11 is 0. The minimum absolute atomic E-state index is 0. The summed E-state index contributed by atoms with van der Waals surface area (Å²) < 4.78 is 27.6. The highest BCUT2D eigenvalue weighted by Gasteiger charge is 2.10. The molecule has 0 unspecified atom stereocenters. The fourth-order valence-electron chi connectivity index (χ4n) is 3.71. The Morgan fingerprint density at radius 2 is 1.20 bits per heavy atom. The molecule has 5 nitrogen and oxygen atoms in total. The van der Waals surface area contributed by atoms with E-state index in [-0.39, 0.29) is 33.7 Å². The minimum atomic E-state index is -0.155. The molecule has 1 saturated carbocycles. The van der Waals surface area contributed by atoms with Gasteiger partial charge in [-0.05, 0) is 111 Å². The average Bonchev–Trinajstić information content (AvgIpc) is 2.89. The van der Waals surface area contributed by atoms with Crippen LogP contribution in [0.4, 0.5) is 4.39 Å². The molecule has 242 valence electrons. The molecule has 0 aromatic heterocycles. The number of halogens is 1. The summed E-state index contributed by atoms with van der Waals surface area (Å²) in [6, 6.07) is 4.79. The third-order valence-corrected chi connectivity index (χ3v) is 6.78. The van der Waals surface area contributed by atoms with Gasteiger partial charge in [-0.3, -0.25) is 0 Å². The van der Waals surface area contributed by atoms with E-state index in [2.05, 4.69) is 23.9 Å². The summed E-state index contributed by atoms with van der Waals surface area (Å²) in [4.78, 5) is 4.66. The van der Waals surface area contributed by atoms with Crippen LogP contribution in [0.5, 0.6) is 0 Å². The van der Waals surface area contributed by atoms with Crippen LogP contribution in [-0.4, -0.2) is 89.2 Å². The SMILES string of the molecule is C.C.C.CN1CCCCC1.CN1CCOCC1.COC(C)(C)C.COC1CCCCC1.Cc1ccc(F)cc1C. The van der Waals surface area contributed by atoms with E-state index in [0.717, 1.165) is 37.4 Å². The number of morpholine rings is 1. The Balaban J connectivity index is -0.000000200. The molecule has 1 aromatic carbocycles. The maximum absolute atomic E-state index is 12.3. The number of rotatable bonds is 1. The zero-order chi connectivity index (χ0) is 28.1.